The number of methoxy groups -OCH3 is 3. The Morgan fingerprint density at radius 2 is 0.977 bits per heavy atom. The standard InChI is InChI=1S/C34H53O7P.Li/c1-7-10-13-16-19-39-27-24-30(40-20-17-14-11-8-2)33(31(25-27)41-21-18-15-12-9-3)42-34(35)32-28(37-5)22-26(36-4)23-29(32)38-6;/h22-25,42H,7-21H2,1-6H3;/q;+1. The van der Waals surface area contributed by atoms with Crippen LogP contribution in [0, 0.1) is 0 Å². The third-order valence-corrected chi connectivity index (χ3v) is 8.22. The Morgan fingerprint density at radius 1 is 0.558 bits per heavy atom. The summed E-state index contributed by atoms with van der Waals surface area (Å²) < 4.78 is 35.4. The summed E-state index contributed by atoms with van der Waals surface area (Å²) in [5.41, 5.74) is 0.240. The predicted molar refractivity (Wildman–Crippen MR) is 174 cm³/mol. The van der Waals surface area contributed by atoms with Gasteiger partial charge in [-0.25, -0.2) is 0 Å². The Hall–Kier alpha value is -2.06. The fraction of sp³-hybridized carbons (Fsp3) is 0.618. The first-order valence-corrected chi connectivity index (χ1v) is 16.7. The molecule has 0 saturated heterocycles. The van der Waals surface area contributed by atoms with Crippen molar-refractivity contribution in [1.29, 1.82) is 0 Å². The van der Waals surface area contributed by atoms with Crippen molar-refractivity contribution in [2.75, 3.05) is 41.2 Å². The van der Waals surface area contributed by atoms with E-state index >= 15 is 0 Å². The average Bonchev–Trinajstić information content (AvgIpc) is 3.01. The molecule has 0 aliphatic heterocycles. The molecule has 2 rings (SSSR count). The van der Waals surface area contributed by atoms with E-state index in [1.807, 2.05) is 12.1 Å². The van der Waals surface area contributed by atoms with E-state index in [2.05, 4.69) is 20.8 Å². The molecule has 0 radical (unpaired) electrons. The number of carbonyl (C=O) groups excluding carboxylic acids is 1. The molecule has 43 heavy (non-hydrogen) atoms. The van der Waals surface area contributed by atoms with Gasteiger partial charge in [0, 0.05) is 24.3 Å². The van der Waals surface area contributed by atoms with Crippen molar-refractivity contribution < 1.29 is 52.1 Å². The molecule has 0 N–H and O–H groups in total. The molecule has 0 saturated carbocycles. The maximum absolute atomic E-state index is 13.9. The largest absolute Gasteiger partial charge is 1.00 e. The van der Waals surface area contributed by atoms with Crippen molar-refractivity contribution in [3.05, 3.63) is 29.8 Å². The molecule has 2 aromatic rings. The summed E-state index contributed by atoms with van der Waals surface area (Å²) in [4.78, 5) is 13.9. The van der Waals surface area contributed by atoms with E-state index in [-0.39, 0.29) is 33.0 Å². The second-order valence-electron chi connectivity index (χ2n) is 10.4. The van der Waals surface area contributed by atoms with Crippen molar-refractivity contribution in [3.8, 4) is 34.5 Å². The van der Waals surface area contributed by atoms with E-state index in [0.717, 1.165) is 56.7 Å². The summed E-state index contributed by atoms with van der Waals surface area (Å²) in [5, 5.41) is 0.740. The summed E-state index contributed by atoms with van der Waals surface area (Å²) in [5.74, 6) is 3.34. The van der Waals surface area contributed by atoms with Crippen LogP contribution in [0.3, 0.4) is 0 Å². The molecule has 0 spiro atoms. The Kier molecular flexibility index (Phi) is 21.1. The van der Waals surface area contributed by atoms with E-state index in [9.17, 15) is 4.79 Å². The molecular weight excluding hydrogens is 558 g/mol. The average molecular weight is 612 g/mol. The molecule has 0 heterocycles. The fourth-order valence-corrected chi connectivity index (χ4v) is 5.68. The fourth-order valence-electron chi connectivity index (χ4n) is 4.55. The van der Waals surface area contributed by atoms with E-state index in [0.29, 0.717) is 59.9 Å². The molecular formula is C34H53LiO7P+. The van der Waals surface area contributed by atoms with Gasteiger partial charge in [0.1, 0.15) is 40.1 Å². The number of hydrogen-bond donors (Lipinski definition) is 0. The second kappa shape index (κ2) is 23.3. The SMILES string of the molecule is CCCCCCOc1cc(OCCCCCC)c(PC(=O)c2c(OC)cc(OC)cc2OC)c(OCCCCCC)c1.[Li+]. The molecule has 0 bridgehead atoms. The molecule has 0 aromatic heterocycles. The predicted octanol–water partition coefficient (Wildman–Crippen LogP) is 5.74. The first-order valence-electron chi connectivity index (χ1n) is 15.7. The van der Waals surface area contributed by atoms with Crippen LogP contribution in [-0.2, 0) is 0 Å². The van der Waals surface area contributed by atoms with Gasteiger partial charge in [-0.2, -0.15) is 0 Å². The summed E-state index contributed by atoms with van der Waals surface area (Å²) in [7, 11) is 4.37. The topological polar surface area (TPSA) is 72.5 Å². The van der Waals surface area contributed by atoms with Crippen molar-refractivity contribution in [2.45, 2.75) is 97.8 Å². The van der Waals surface area contributed by atoms with Gasteiger partial charge < -0.3 is 28.4 Å². The monoisotopic (exact) mass is 611 g/mol. The molecule has 0 amide bonds. The Bertz CT molecular complexity index is 1000. The van der Waals surface area contributed by atoms with Crippen LogP contribution < -0.4 is 52.6 Å². The van der Waals surface area contributed by atoms with Gasteiger partial charge in [0.25, 0.3) is 0 Å². The summed E-state index contributed by atoms with van der Waals surface area (Å²) in [6.07, 6.45) is 13.2. The maximum atomic E-state index is 13.9. The Morgan fingerprint density at radius 3 is 1.37 bits per heavy atom. The van der Waals surface area contributed by atoms with Gasteiger partial charge >= 0.3 is 18.9 Å². The summed E-state index contributed by atoms with van der Waals surface area (Å²) in [6.45, 7) is 8.35. The van der Waals surface area contributed by atoms with Gasteiger partial charge in [-0.05, 0) is 27.8 Å². The maximum Gasteiger partial charge on any atom is 1.00 e. The molecule has 2 aromatic carbocycles. The van der Waals surface area contributed by atoms with Crippen LogP contribution >= 0.6 is 8.58 Å². The zero-order valence-corrected chi connectivity index (χ0v) is 28.8. The molecule has 236 valence electrons. The van der Waals surface area contributed by atoms with Gasteiger partial charge in [0.2, 0.25) is 0 Å². The number of ether oxygens (including phenoxy) is 6. The minimum absolute atomic E-state index is 0. The van der Waals surface area contributed by atoms with Crippen molar-refractivity contribution in [3.63, 3.8) is 0 Å². The zero-order valence-electron chi connectivity index (χ0n) is 27.8. The number of carbonyl (C=O) groups is 1. The molecule has 0 aliphatic rings. The third kappa shape index (κ3) is 13.6. The van der Waals surface area contributed by atoms with Crippen LogP contribution in [0.15, 0.2) is 24.3 Å². The van der Waals surface area contributed by atoms with Crippen LogP contribution in [0.2, 0.25) is 0 Å². The number of unbranched alkanes of at least 4 members (excludes halogenated alkanes) is 9. The smallest absolute Gasteiger partial charge is 0.496 e. The number of hydrogen-bond acceptors (Lipinski definition) is 7. The van der Waals surface area contributed by atoms with Crippen LogP contribution in [0.25, 0.3) is 0 Å². The zero-order chi connectivity index (χ0) is 30.6. The first kappa shape index (κ1) is 39.0. The summed E-state index contributed by atoms with van der Waals surface area (Å²) >= 11 is 0. The molecule has 1 unspecified atom stereocenters. The van der Waals surface area contributed by atoms with Crippen LogP contribution in [0.4, 0.5) is 0 Å². The van der Waals surface area contributed by atoms with Gasteiger partial charge in [0.05, 0.1) is 46.5 Å². The van der Waals surface area contributed by atoms with Crippen LogP contribution in [0.1, 0.15) is 108 Å². The normalized spacial score (nSPS) is 10.8. The second-order valence-corrected chi connectivity index (χ2v) is 11.6. The van der Waals surface area contributed by atoms with Crippen LogP contribution in [-0.4, -0.2) is 46.7 Å². The van der Waals surface area contributed by atoms with E-state index < -0.39 is 0 Å². The van der Waals surface area contributed by atoms with Crippen molar-refractivity contribution >= 4 is 19.4 Å². The van der Waals surface area contributed by atoms with E-state index in [1.165, 1.54) is 39.9 Å². The van der Waals surface area contributed by atoms with Gasteiger partial charge in [0.15, 0.2) is 5.52 Å². The van der Waals surface area contributed by atoms with Gasteiger partial charge in [-0.3, -0.25) is 4.79 Å². The van der Waals surface area contributed by atoms with E-state index in [4.69, 9.17) is 28.4 Å². The van der Waals surface area contributed by atoms with Crippen molar-refractivity contribution in [2.24, 2.45) is 0 Å². The van der Waals surface area contributed by atoms with Crippen LogP contribution in [0.5, 0.6) is 34.5 Å². The van der Waals surface area contributed by atoms with Gasteiger partial charge in [-0.1, -0.05) is 78.6 Å². The number of benzene rings is 2. The quantitative estimate of drug-likeness (QED) is 0.0852. The first-order chi connectivity index (χ1) is 20.5. The Labute approximate surface area is 274 Å². The minimum Gasteiger partial charge on any atom is -0.496 e. The van der Waals surface area contributed by atoms with Gasteiger partial charge in [-0.15, -0.1) is 0 Å². The molecule has 1 atom stereocenters. The van der Waals surface area contributed by atoms with Crippen molar-refractivity contribution in [1.82, 2.24) is 0 Å². The third-order valence-electron chi connectivity index (χ3n) is 7.00. The molecule has 9 heteroatoms. The van der Waals surface area contributed by atoms with E-state index in [1.54, 1.807) is 19.2 Å². The Balaban J connectivity index is 0.00000924. The molecule has 7 nitrogen and oxygen atoms in total. The minimum atomic E-state index is -0.273. The molecule has 0 aliphatic carbocycles. The summed E-state index contributed by atoms with van der Waals surface area (Å²) in [6, 6.07) is 7.24. The number of rotatable bonds is 24. The molecule has 0 fully saturated rings.